The van der Waals surface area contributed by atoms with Crippen LogP contribution < -0.4 is 5.73 Å². The zero-order valence-corrected chi connectivity index (χ0v) is 14.7. The van der Waals surface area contributed by atoms with E-state index < -0.39 is 5.41 Å². The highest BCUT2D eigenvalue weighted by Crippen LogP contribution is 2.36. The van der Waals surface area contributed by atoms with Crippen molar-refractivity contribution in [3.05, 3.63) is 30.1 Å². The van der Waals surface area contributed by atoms with Crippen molar-refractivity contribution >= 4 is 11.8 Å². The number of carbonyl (C=O) groups is 2. The first-order chi connectivity index (χ1) is 11.4. The molecule has 2 rings (SSSR count). The van der Waals surface area contributed by atoms with Gasteiger partial charge in [-0.2, -0.15) is 0 Å². The second-order valence-corrected chi connectivity index (χ2v) is 6.94. The van der Waals surface area contributed by atoms with Crippen LogP contribution in [0.25, 0.3) is 0 Å². The van der Waals surface area contributed by atoms with Gasteiger partial charge in [-0.1, -0.05) is 6.07 Å². The Balaban J connectivity index is 2.05. The number of hydrogen-bond acceptors (Lipinski definition) is 4. The lowest BCUT2D eigenvalue weighted by Gasteiger charge is -2.42. The maximum atomic E-state index is 12.9. The molecule has 1 atom stereocenters. The van der Waals surface area contributed by atoms with Gasteiger partial charge in [-0.05, 0) is 50.8 Å². The average Bonchev–Trinajstić information content (AvgIpc) is 2.54. The highest BCUT2D eigenvalue weighted by atomic mass is 16.2. The van der Waals surface area contributed by atoms with E-state index in [0.717, 1.165) is 44.3 Å². The summed E-state index contributed by atoms with van der Waals surface area (Å²) in [5, 5.41) is 0. The fourth-order valence-electron chi connectivity index (χ4n) is 3.70. The van der Waals surface area contributed by atoms with Crippen LogP contribution in [-0.4, -0.2) is 60.3 Å². The summed E-state index contributed by atoms with van der Waals surface area (Å²) in [5.74, 6) is -0.186. The third kappa shape index (κ3) is 4.77. The second kappa shape index (κ2) is 8.24. The first-order valence-electron chi connectivity index (χ1n) is 8.55. The first kappa shape index (κ1) is 18.4. The number of nitrogens with zero attached hydrogens (tertiary/aromatic N) is 3. The van der Waals surface area contributed by atoms with Crippen LogP contribution in [0.2, 0.25) is 0 Å². The SMILES string of the molecule is CN(C)C(=O)[C@]1(CCCc2ccccn2)CCCN(CC(N)=O)C1. The minimum absolute atomic E-state index is 0.151. The molecule has 0 saturated carbocycles. The van der Waals surface area contributed by atoms with Crippen LogP contribution in [0.4, 0.5) is 0 Å². The number of nitrogens with two attached hydrogens (primary N) is 1. The van der Waals surface area contributed by atoms with Crippen LogP contribution in [-0.2, 0) is 16.0 Å². The summed E-state index contributed by atoms with van der Waals surface area (Å²) in [6.45, 7) is 1.66. The van der Waals surface area contributed by atoms with Crippen molar-refractivity contribution in [2.24, 2.45) is 11.1 Å². The van der Waals surface area contributed by atoms with E-state index in [4.69, 9.17) is 5.73 Å². The van der Waals surface area contributed by atoms with Gasteiger partial charge < -0.3 is 10.6 Å². The molecule has 1 saturated heterocycles. The first-order valence-corrected chi connectivity index (χ1v) is 8.55. The molecule has 1 fully saturated rings. The Morgan fingerprint density at radius 3 is 2.79 bits per heavy atom. The number of amides is 2. The van der Waals surface area contributed by atoms with Gasteiger partial charge in [-0.3, -0.25) is 19.5 Å². The van der Waals surface area contributed by atoms with Gasteiger partial charge in [0.15, 0.2) is 0 Å². The number of primary amides is 1. The molecule has 0 radical (unpaired) electrons. The average molecular weight is 332 g/mol. The van der Waals surface area contributed by atoms with Crippen molar-refractivity contribution < 1.29 is 9.59 Å². The molecule has 2 amide bonds. The van der Waals surface area contributed by atoms with Crippen molar-refractivity contribution in [1.82, 2.24) is 14.8 Å². The van der Waals surface area contributed by atoms with Gasteiger partial charge in [0.05, 0.1) is 12.0 Å². The molecular formula is C18H28N4O2. The maximum absolute atomic E-state index is 12.9. The summed E-state index contributed by atoms with van der Waals surface area (Å²) < 4.78 is 0. The lowest BCUT2D eigenvalue weighted by molar-refractivity contribution is -0.144. The fraction of sp³-hybridized carbons (Fsp3) is 0.611. The predicted molar refractivity (Wildman–Crippen MR) is 93.2 cm³/mol. The highest BCUT2D eigenvalue weighted by Gasteiger charge is 2.42. The quantitative estimate of drug-likeness (QED) is 0.810. The van der Waals surface area contributed by atoms with Gasteiger partial charge >= 0.3 is 0 Å². The molecule has 1 aromatic heterocycles. The number of likely N-dealkylation sites (tertiary alicyclic amines) is 1. The summed E-state index contributed by atoms with van der Waals surface area (Å²) in [6.07, 6.45) is 6.14. The number of pyridine rings is 1. The van der Waals surface area contributed by atoms with Crippen LogP contribution in [0.1, 0.15) is 31.4 Å². The molecule has 0 unspecified atom stereocenters. The second-order valence-electron chi connectivity index (χ2n) is 6.94. The maximum Gasteiger partial charge on any atom is 0.231 e. The molecule has 1 aliphatic rings. The topological polar surface area (TPSA) is 79.5 Å². The monoisotopic (exact) mass is 332 g/mol. The van der Waals surface area contributed by atoms with Gasteiger partial charge in [0.1, 0.15) is 0 Å². The van der Waals surface area contributed by atoms with Gasteiger partial charge in [0.25, 0.3) is 0 Å². The van der Waals surface area contributed by atoms with E-state index in [2.05, 4.69) is 4.98 Å². The Labute approximate surface area is 144 Å². The molecule has 2 heterocycles. The number of rotatable bonds is 7. The summed E-state index contributed by atoms with van der Waals surface area (Å²) in [7, 11) is 3.60. The van der Waals surface area contributed by atoms with Crippen molar-refractivity contribution in [2.45, 2.75) is 32.1 Å². The summed E-state index contributed by atoms with van der Waals surface area (Å²) in [6, 6.07) is 5.91. The smallest absolute Gasteiger partial charge is 0.231 e. The van der Waals surface area contributed by atoms with Crippen molar-refractivity contribution in [2.75, 3.05) is 33.7 Å². The lowest BCUT2D eigenvalue weighted by atomic mass is 9.74. The third-order valence-electron chi connectivity index (χ3n) is 4.71. The van der Waals surface area contributed by atoms with E-state index in [9.17, 15) is 9.59 Å². The van der Waals surface area contributed by atoms with Crippen molar-refractivity contribution in [3.8, 4) is 0 Å². The molecular weight excluding hydrogens is 304 g/mol. The van der Waals surface area contributed by atoms with Crippen LogP contribution >= 0.6 is 0 Å². The molecule has 0 aliphatic carbocycles. The number of piperidine rings is 1. The Hall–Kier alpha value is -1.95. The van der Waals surface area contributed by atoms with Crippen molar-refractivity contribution in [3.63, 3.8) is 0 Å². The van der Waals surface area contributed by atoms with Crippen LogP contribution in [0, 0.1) is 5.41 Å². The van der Waals surface area contributed by atoms with Gasteiger partial charge in [-0.25, -0.2) is 0 Å². The summed E-state index contributed by atoms with van der Waals surface area (Å²) in [4.78, 5) is 32.2. The Kier molecular flexibility index (Phi) is 6.31. The van der Waals surface area contributed by atoms with Gasteiger partial charge in [0, 0.05) is 32.5 Å². The number of aromatic nitrogens is 1. The molecule has 1 aliphatic heterocycles. The summed E-state index contributed by atoms with van der Waals surface area (Å²) >= 11 is 0. The molecule has 2 N–H and O–H groups in total. The lowest BCUT2D eigenvalue weighted by Crippen LogP contribution is -2.53. The van der Waals surface area contributed by atoms with Gasteiger partial charge in [0.2, 0.25) is 11.8 Å². The standard InChI is InChI=1S/C18H28N4O2/c1-21(2)17(24)18(9-5-8-15-7-3-4-11-20-15)10-6-12-22(14-18)13-16(19)23/h3-4,7,11H,5-6,8-10,12-14H2,1-2H3,(H2,19,23)/t18-/m1/s1. The van der Waals surface area contributed by atoms with Crippen LogP contribution in [0.3, 0.4) is 0 Å². The minimum Gasteiger partial charge on any atom is -0.369 e. The Morgan fingerprint density at radius 1 is 1.38 bits per heavy atom. The Bertz CT molecular complexity index is 561. The Morgan fingerprint density at radius 2 is 2.17 bits per heavy atom. The largest absolute Gasteiger partial charge is 0.369 e. The van der Waals surface area contributed by atoms with E-state index in [1.54, 1.807) is 25.2 Å². The zero-order valence-electron chi connectivity index (χ0n) is 14.7. The molecule has 132 valence electrons. The van der Waals surface area contributed by atoms with Crippen LogP contribution in [0.5, 0.6) is 0 Å². The zero-order chi connectivity index (χ0) is 17.6. The number of aryl methyl sites for hydroxylation is 1. The number of hydrogen-bond donors (Lipinski definition) is 1. The van der Waals surface area contributed by atoms with E-state index in [0.29, 0.717) is 6.54 Å². The van der Waals surface area contributed by atoms with E-state index in [1.807, 2.05) is 23.1 Å². The van der Waals surface area contributed by atoms with Crippen LogP contribution in [0.15, 0.2) is 24.4 Å². The minimum atomic E-state index is -0.425. The molecule has 0 bridgehead atoms. The van der Waals surface area contributed by atoms with E-state index >= 15 is 0 Å². The molecule has 24 heavy (non-hydrogen) atoms. The predicted octanol–water partition coefficient (Wildman–Crippen LogP) is 1.06. The van der Waals surface area contributed by atoms with Gasteiger partial charge in [-0.15, -0.1) is 0 Å². The fourth-order valence-corrected chi connectivity index (χ4v) is 3.70. The van der Waals surface area contributed by atoms with Crippen molar-refractivity contribution in [1.29, 1.82) is 0 Å². The van der Waals surface area contributed by atoms with E-state index in [1.165, 1.54) is 0 Å². The van der Waals surface area contributed by atoms with E-state index in [-0.39, 0.29) is 18.4 Å². The third-order valence-corrected chi connectivity index (χ3v) is 4.71. The molecule has 6 heteroatoms. The number of carbonyl (C=O) groups excluding carboxylic acids is 2. The molecule has 6 nitrogen and oxygen atoms in total. The molecule has 0 spiro atoms. The normalized spacial score (nSPS) is 21.4. The highest BCUT2D eigenvalue weighted by molar-refractivity contribution is 5.83. The summed E-state index contributed by atoms with van der Waals surface area (Å²) in [5.41, 5.74) is 5.97. The molecule has 0 aromatic carbocycles. The molecule has 1 aromatic rings.